The fraction of sp³-hybridized carbons (Fsp3) is 0.526. The second-order valence-corrected chi connectivity index (χ2v) is 6.93. The van der Waals surface area contributed by atoms with Gasteiger partial charge in [0.15, 0.2) is 5.82 Å². The maximum Gasteiger partial charge on any atom is 0.154 e. The van der Waals surface area contributed by atoms with Gasteiger partial charge in [0.25, 0.3) is 0 Å². The van der Waals surface area contributed by atoms with Gasteiger partial charge in [-0.05, 0) is 42.2 Å². The van der Waals surface area contributed by atoms with Gasteiger partial charge in [0.2, 0.25) is 0 Å². The van der Waals surface area contributed by atoms with E-state index in [1.807, 2.05) is 17.7 Å². The van der Waals surface area contributed by atoms with Crippen LogP contribution in [0.25, 0.3) is 0 Å². The number of hydrogen-bond donors (Lipinski definition) is 0. The molecule has 0 unspecified atom stereocenters. The van der Waals surface area contributed by atoms with Crippen LogP contribution >= 0.6 is 0 Å². The number of aromatic nitrogens is 7. The first-order valence-electron chi connectivity index (χ1n) is 9.57. The summed E-state index contributed by atoms with van der Waals surface area (Å²) < 4.78 is 9.36. The summed E-state index contributed by atoms with van der Waals surface area (Å²) in [7, 11) is 0. The number of hydrogen-bond acceptors (Lipinski definition) is 6. The largest absolute Gasteiger partial charge is 0.381 e. The highest BCUT2D eigenvalue weighted by molar-refractivity contribution is 5.14. The van der Waals surface area contributed by atoms with E-state index in [4.69, 9.17) is 14.8 Å². The fourth-order valence-electron chi connectivity index (χ4n) is 3.43. The molecule has 0 spiro atoms. The Morgan fingerprint density at radius 1 is 1.04 bits per heavy atom. The minimum absolute atomic E-state index is 0.394. The van der Waals surface area contributed by atoms with Gasteiger partial charge in [-0.3, -0.25) is 0 Å². The van der Waals surface area contributed by atoms with E-state index in [1.54, 1.807) is 0 Å². The van der Waals surface area contributed by atoms with Crippen molar-refractivity contribution in [2.24, 2.45) is 0 Å². The number of ether oxygens (including phenoxy) is 1. The molecule has 1 aromatic carbocycles. The van der Waals surface area contributed by atoms with E-state index in [0.717, 1.165) is 62.9 Å². The molecule has 1 saturated heterocycles. The van der Waals surface area contributed by atoms with E-state index in [9.17, 15) is 0 Å². The van der Waals surface area contributed by atoms with E-state index < -0.39 is 0 Å². The fourth-order valence-corrected chi connectivity index (χ4v) is 3.43. The van der Waals surface area contributed by atoms with Crippen molar-refractivity contribution in [1.29, 1.82) is 0 Å². The molecular formula is C19H25N7O. The monoisotopic (exact) mass is 367 g/mol. The van der Waals surface area contributed by atoms with Crippen LogP contribution in [0.4, 0.5) is 0 Å². The maximum absolute atomic E-state index is 5.49. The molecule has 0 aliphatic carbocycles. The summed E-state index contributed by atoms with van der Waals surface area (Å²) in [5.41, 5.74) is 1.31. The second-order valence-electron chi connectivity index (χ2n) is 6.93. The average molecular weight is 367 g/mol. The van der Waals surface area contributed by atoms with Gasteiger partial charge in [-0.2, -0.15) is 5.10 Å². The molecule has 0 N–H and O–H groups in total. The number of nitrogens with zero attached hydrogens (tertiary/aromatic N) is 7. The van der Waals surface area contributed by atoms with Crippen LogP contribution in [0, 0.1) is 6.92 Å². The molecule has 1 aliphatic rings. The molecule has 8 nitrogen and oxygen atoms in total. The topological polar surface area (TPSA) is 83.5 Å². The minimum Gasteiger partial charge on any atom is -0.381 e. The van der Waals surface area contributed by atoms with Crippen molar-refractivity contribution in [2.45, 2.75) is 51.6 Å². The highest BCUT2D eigenvalue weighted by atomic mass is 16.5. The van der Waals surface area contributed by atoms with Gasteiger partial charge >= 0.3 is 0 Å². The molecule has 8 heteroatoms. The zero-order valence-corrected chi connectivity index (χ0v) is 15.7. The Morgan fingerprint density at radius 3 is 2.56 bits per heavy atom. The normalized spacial score (nSPS) is 15.3. The van der Waals surface area contributed by atoms with Crippen LogP contribution in [0.3, 0.4) is 0 Å². The van der Waals surface area contributed by atoms with Gasteiger partial charge in [0, 0.05) is 32.1 Å². The van der Waals surface area contributed by atoms with Crippen LogP contribution in [-0.2, 0) is 30.7 Å². The molecule has 0 saturated carbocycles. The average Bonchev–Trinajstić information content (AvgIpc) is 3.32. The Bertz CT molecular complexity index is 852. The van der Waals surface area contributed by atoms with E-state index in [1.165, 1.54) is 5.56 Å². The van der Waals surface area contributed by atoms with Crippen molar-refractivity contribution in [3.05, 3.63) is 53.4 Å². The number of aryl methyl sites for hydroxylation is 5. The first-order valence-corrected chi connectivity index (χ1v) is 9.57. The lowest BCUT2D eigenvalue weighted by atomic mass is 10.00. The Balaban J connectivity index is 1.50. The van der Waals surface area contributed by atoms with E-state index in [-0.39, 0.29) is 0 Å². The third kappa shape index (κ3) is 4.39. The van der Waals surface area contributed by atoms with Crippen LogP contribution in [0.1, 0.15) is 41.8 Å². The van der Waals surface area contributed by atoms with Crippen LogP contribution in [0.5, 0.6) is 0 Å². The Kier molecular flexibility index (Phi) is 5.53. The van der Waals surface area contributed by atoms with Gasteiger partial charge < -0.3 is 4.74 Å². The van der Waals surface area contributed by atoms with Crippen molar-refractivity contribution in [3.8, 4) is 0 Å². The zero-order valence-electron chi connectivity index (χ0n) is 15.7. The van der Waals surface area contributed by atoms with Crippen molar-refractivity contribution < 1.29 is 4.74 Å². The Hall–Kier alpha value is -2.61. The molecular weight excluding hydrogens is 342 g/mol. The van der Waals surface area contributed by atoms with Gasteiger partial charge in [-0.25, -0.2) is 14.3 Å². The summed E-state index contributed by atoms with van der Waals surface area (Å²) in [6, 6.07) is 10.5. The molecule has 4 rings (SSSR count). The summed E-state index contributed by atoms with van der Waals surface area (Å²) in [5.74, 6) is 3.16. The smallest absolute Gasteiger partial charge is 0.154 e. The van der Waals surface area contributed by atoms with Gasteiger partial charge in [-0.15, -0.1) is 5.10 Å². The molecule has 3 heterocycles. The van der Waals surface area contributed by atoms with Crippen molar-refractivity contribution in [1.82, 2.24) is 35.0 Å². The lowest BCUT2D eigenvalue weighted by Crippen LogP contribution is -2.15. The van der Waals surface area contributed by atoms with Crippen LogP contribution in [-0.4, -0.2) is 48.2 Å². The third-order valence-corrected chi connectivity index (χ3v) is 5.06. The molecule has 1 fully saturated rings. The summed E-state index contributed by atoms with van der Waals surface area (Å²) in [6.45, 7) is 5.03. The molecule has 142 valence electrons. The Morgan fingerprint density at radius 2 is 1.81 bits per heavy atom. The molecule has 0 bridgehead atoms. The SMILES string of the molecule is Cc1nnnn1CCc1nc(C2CCOCC2)nn1CCc1ccccc1. The standard InChI is InChI=1S/C19H25N7O/c1-15-21-23-24-25(15)12-8-18-20-19(17-9-13-27-14-10-17)22-26(18)11-7-16-5-3-2-4-6-16/h2-6,17H,7-14H2,1H3. The summed E-state index contributed by atoms with van der Waals surface area (Å²) >= 11 is 0. The van der Waals surface area contributed by atoms with Crippen LogP contribution in [0.2, 0.25) is 0 Å². The van der Waals surface area contributed by atoms with Gasteiger partial charge in [-0.1, -0.05) is 30.3 Å². The number of rotatable bonds is 7. The van der Waals surface area contributed by atoms with E-state index in [2.05, 4.69) is 44.5 Å². The summed E-state index contributed by atoms with van der Waals surface area (Å²) in [4.78, 5) is 4.89. The van der Waals surface area contributed by atoms with E-state index in [0.29, 0.717) is 12.5 Å². The Labute approximate surface area is 158 Å². The molecule has 0 amide bonds. The lowest BCUT2D eigenvalue weighted by Gasteiger charge is -2.18. The highest BCUT2D eigenvalue weighted by Crippen LogP contribution is 2.24. The van der Waals surface area contributed by atoms with Crippen molar-refractivity contribution in [3.63, 3.8) is 0 Å². The molecule has 27 heavy (non-hydrogen) atoms. The highest BCUT2D eigenvalue weighted by Gasteiger charge is 2.22. The van der Waals surface area contributed by atoms with Crippen LogP contribution < -0.4 is 0 Å². The quantitative estimate of drug-likeness (QED) is 0.635. The number of benzene rings is 1. The number of tetrazole rings is 1. The zero-order chi connectivity index (χ0) is 18.5. The maximum atomic E-state index is 5.49. The molecule has 0 atom stereocenters. The molecule has 3 aromatic rings. The van der Waals surface area contributed by atoms with Crippen molar-refractivity contribution >= 4 is 0 Å². The molecule has 0 radical (unpaired) electrons. The molecule has 2 aromatic heterocycles. The summed E-state index contributed by atoms with van der Waals surface area (Å²) in [6.07, 6.45) is 3.69. The second kappa shape index (κ2) is 8.39. The van der Waals surface area contributed by atoms with Crippen LogP contribution in [0.15, 0.2) is 30.3 Å². The van der Waals surface area contributed by atoms with Gasteiger partial charge in [0.1, 0.15) is 11.6 Å². The molecule has 1 aliphatic heterocycles. The minimum atomic E-state index is 0.394. The lowest BCUT2D eigenvalue weighted by molar-refractivity contribution is 0.0835. The predicted octanol–water partition coefficient (Wildman–Crippen LogP) is 1.95. The first-order chi connectivity index (χ1) is 13.3. The summed E-state index contributed by atoms with van der Waals surface area (Å²) in [5, 5.41) is 16.6. The van der Waals surface area contributed by atoms with Crippen molar-refractivity contribution in [2.75, 3.05) is 13.2 Å². The van der Waals surface area contributed by atoms with E-state index >= 15 is 0 Å². The first kappa shape index (κ1) is 17.8. The third-order valence-electron chi connectivity index (χ3n) is 5.06. The van der Waals surface area contributed by atoms with Gasteiger partial charge in [0.05, 0.1) is 6.54 Å². The predicted molar refractivity (Wildman–Crippen MR) is 99.2 cm³/mol.